The van der Waals surface area contributed by atoms with E-state index in [9.17, 15) is 18.0 Å². The molecule has 0 aliphatic rings. The Kier molecular flexibility index (Phi) is 7.12. The fourth-order valence-electron chi connectivity index (χ4n) is 3.07. The van der Waals surface area contributed by atoms with Crippen molar-refractivity contribution in [2.45, 2.75) is 24.8 Å². The maximum Gasteiger partial charge on any atom is 0.269 e. The summed E-state index contributed by atoms with van der Waals surface area (Å²) in [5.74, 6) is -0.996. The summed E-state index contributed by atoms with van der Waals surface area (Å²) in [6.45, 7) is 3.41. The Labute approximate surface area is 187 Å². The molecule has 9 heteroatoms. The molecule has 0 heterocycles. The zero-order valence-electron chi connectivity index (χ0n) is 18.0. The lowest BCUT2D eigenvalue weighted by atomic mass is 10.1. The van der Waals surface area contributed by atoms with Crippen LogP contribution in [0.5, 0.6) is 5.75 Å². The molecular weight excluding hydrogens is 430 g/mol. The number of hydrazine groups is 1. The molecule has 0 aromatic heterocycles. The van der Waals surface area contributed by atoms with Gasteiger partial charge in [-0.05, 0) is 53.1 Å². The first-order valence-electron chi connectivity index (χ1n) is 9.96. The number of carbonyl (C=O) groups is 2. The van der Waals surface area contributed by atoms with E-state index in [0.29, 0.717) is 11.3 Å². The number of nitrogens with one attached hydrogen (secondary N) is 3. The number of hydrogen-bond donors (Lipinski definition) is 3. The molecule has 2 amide bonds. The second-order valence-electron chi connectivity index (χ2n) is 7.52. The summed E-state index contributed by atoms with van der Waals surface area (Å²) in [5.41, 5.74) is 4.91. The normalized spacial score (nSPS) is 12.4. The minimum absolute atomic E-state index is 0.0527. The van der Waals surface area contributed by atoms with Crippen LogP contribution in [0.3, 0.4) is 0 Å². The van der Waals surface area contributed by atoms with Gasteiger partial charge in [-0.3, -0.25) is 20.4 Å². The molecule has 3 aromatic carbocycles. The standard InChI is InChI=1S/C23H25N3O5S/c1-15(2)21(23(28)25-24-22(27)17-8-11-19(31-3)12-9-17)26-32(29,30)20-13-10-16-6-4-5-7-18(16)14-20/h4-15,21,26H,1-3H3,(H,24,27)(H,25,28). The van der Waals surface area contributed by atoms with E-state index >= 15 is 0 Å². The van der Waals surface area contributed by atoms with Gasteiger partial charge in [-0.15, -0.1) is 0 Å². The van der Waals surface area contributed by atoms with Crippen LogP contribution in [0.25, 0.3) is 10.8 Å². The van der Waals surface area contributed by atoms with Gasteiger partial charge < -0.3 is 4.74 Å². The van der Waals surface area contributed by atoms with Gasteiger partial charge in [-0.1, -0.05) is 44.2 Å². The summed E-state index contributed by atoms with van der Waals surface area (Å²) in [6, 6.07) is 17.4. The van der Waals surface area contributed by atoms with Crippen molar-refractivity contribution in [3.63, 3.8) is 0 Å². The van der Waals surface area contributed by atoms with Crippen LogP contribution in [-0.2, 0) is 14.8 Å². The minimum Gasteiger partial charge on any atom is -0.497 e. The fourth-order valence-corrected chi connectivity index (χ4v) is 4.45. The minimum atomic E-state index is -3.98. The molecular formula is C23H25N3O5S. The van der Waals surface area contributed by atoms with Crippen LogP contribution in [0.2, 0.25) is 0 Å². The molecule has 0 radical (unpaired) electrons. The molecule has 0 saturated heterocycles. The lowest BCUT2D eigenvalue weighted by Gasteiger charge is -2.22. The van der Waals surface area contributed by atoms with Gasteiger partial charge in [0.1, 0.15) is 11.8 Å². The second kappa shape index (κ2) is 9.80. The van der Waals surface area contributed by atoms with Gasteiger partial charge in [0.2, 0.25) is 10.0 Å². The van der Waals surface area contributed by atoms with E-state index in [2.05, 4.69) is 15.6 Å². The monoisotopic (exact) mass is 455 g/mol. The van der Waals surface area contributed by atoms with Gasteiger partial charge in [0.25, 0.3) is 11.8 Å². The van der Waals surface area contributed by atoms with E-state index in [1.54, 1.807) is 50.2 Å². The van der Waals surface area contributed by atoms with E-state index < -0.39 is 27.9 Å². The van der Waals surface area contributed by atoms with E-state index in [4.69, 9.17) is 4.74 Å². The number of fused-ring (bicyclic) bond motifs is 1. The molecule has 8 nitrogen and oxygen atoms in total. The molecule has 0 fully saturated rings. The lowest BCUT2D eigenvalue weighted by molar-refractivity contribution is -0.124. The topological polar surface area (TPSA) is 114 Å². The van der Waals surface area contributed by atoms with Crippen LogP contribution in [0.1, 0.15) is 24.2 Å². The average Bonchev–Trinajstić information content (AvgIpc) is 2.80. The summed E-state index contributed by atoms with van der Waals surface area (Å²) in [7, 11) is -2.46. The Morgan fingerprint density at radius 1 is 0.875 bits per heavy atom. The number of rotatable bonds is 7. The predicted octanol–water partition coefficient (Wildman–Crippen LogP) is 2.61. The number of amides is 2. The average molecular weight is 456 g/mol. The van der Waals surface area contributed by atoms with Crippen molar-refractivity contribution in [3.8, 4) is 5.75 Å². The van der Waals surface area contributed by atoms with Crippen molar-refractivity contribution in [1.82, 2.24) is 15.6 Å². The van der Waals surface area contributed by atoms with Crippen LogP contribution < -0.4 is 20.3 Å². The SMILES string of the molecule is COc1ccc(C(=O)NNC(=O)C(NS(=O)(=O)c2ccc3ccccc3c2)C(C)C)cc1. The summed E-state index contributed by atoms with van der Waals surface area (Å²) in [5, 5.41) is 1.68. The molecule has 0 aliphatic heterocycles. The molecule has 1 unspecified atom stereocenters. The Hall–Kier alpha value is -3.43. The molecule has 1 atom stereocenters. The molecule has 168 valence electrons. The highest BCUT2D eigenvalue weighted by atomic mass is 32.2. The Bertz CT molecular complexity index is 1220. The lowest BCUT2D eigenvalue weighted by Crippen LogP contribution is -2.54. The van der Waals surface area contributed by atoms with Gasteiger partial charge in [0, 0.05) is 5.56 Å². The van der Waals surface area contributed by atoms with Crippen LogP contribution in [0, 0.1) is 5.92 Å². The summed E-state index contributed by atoms with van der Waals surface area (Å²) < 4.78 is 33.3. The highest BCUT2D eigenvalue weighted by Gasteiger charge is 2.29. The fraction of sp³-hybridized carbons (Fsp3) is 0.217. The first kappa shape index (κ1) is 23.2. The third kappa shape index (κ3) is 5.43. The number of benzene rings is 3. The smallest absolute Gasteiger partial charge is 0.269 e. The third-order valence-corrected chi connectivity index (χ3v) is 6.35. The highest BCUT2D eigenvalue weighted by molar-refractivity contribution is 7.89. The Morgan fingerprint density at radius 2 is 1.53 bits per heavy atom. The first-order valence-corrected chi connectivity index (χ1v) is 11.4. The number of methoxy groups -OCH3 is 1. The summed E-state index contributed by atoms with van der Waals surface area (Å²) in [6.07, 6.45) is 0. The first-order chi connectivity index (χ1) is 15.2. The van der Waals surface area contributed by atoms with Crippen molar-refractivity contribution in [2.75, 3.05) is 7.11 Å². The van der Waals surface area contributed by atoms with E-state index in [1.807, 2.05) is 24.3 Å². The Balaban J connectivity index is 1.70. The number of ether oxygens (including phenoxy) is 1. The molecule has 3 rings (SSSR count). The molecule has 3 aromatic rings. The summed E-state index contributed by atoms with van der Waals surface area (Å²) >= 11 is 0. The van der Waals surface area contributed by atoms with Gasteiger partial charge in [-0.25, -0.2) is 8.42 Å². The van der Waals surface area contributed by atoms with Crippen molar-refractivity contribution in [1.29, 1.82) is 0 Å². The quantitative estimate of drug-likeness (QED) is 0.474. The van der Waals surface area contributed by atoms with Crippen molar-refractivity contribution in [3.05, 3.63) is 72.3 Å². The molecule has 0 spiro atoms. The third-order valence-electron chi connectivity index (χ3n) is 4.91. The molecule has 0 saturated carbocycles. The highest BCUT2D eigenvalue weighted by Crippen LogP contribution is 2.20. The zero-order chi connectivity index (χ0) is 23.3. The number of carbonyl (C=O) groups excluding carboxylic acids is 2. The molecule has 0 bridgehead atoms. The maximum absolute atomic E-state index is 12.9. The molecule has 0 aliphatic carbocycles. The second-order valence-corrected chi connectivity index (χ2v) is 9.24. The number of hydrogen-bond acceptors (Lipinski definition) is 5. The van der Waals surface area contributed by atoms with Crippen molar-refractivity contribution in [2.24, 2.45) is 5.92 Å². The zero-order valence-corrected chi connectivity index (χ0v) is 18.8. The van der Waals surface area contributed by atoms with Gasteiger partial charge in [-0.2, -0.15) is 4.72 Å². The van der Waals surface area contributed by atoms with Crippen molar-refractivity contribution >= 4 is 32.6 Å². The number of sulfonamides is 1. The van der Waals surface area contributed by atoms with Gasteiger partial charge in [0.15, 0.2) is 0 Å². The van der Waals surface area contributed by atoms with Gasteiger partial charge in [0.05, 0.1) is 12.0 Å². The van der Waals surface area contributed by atoms with Crippen LogP contribution in [-0.4, -0.2) is 33.4 Å². The Morgan fingerprint density at radius 3 is 2.16 bits per heavy atom. The molecule has 3 N–H and O–H groups in total. The largest absolute Gasteiger partial charge is 0.497 e. The van der Waals surface area contributed by atoms with Crippen molar-refractivity contribution < 1.29 is 22.7 Å². The molecule has 32 heavy (non-hydrogen) atoms. The van der Waals surface area contributed by atoms with E-state index in [-0.39, 0.29) is 10.8 Å². The van der Waals surface area contributed by atoms with E-state index in [1.165, 1.54) is 13.2 Å². The van der Waals surface area contributed by atoms with E-state index in [0.717, 1.165) is 10.8 Å². The predicted molar refractivity (Wildman–Crippen MR) is 121 cm³/mol. The van der Waals surface area contributed by atoms with Crippen LogP contribution in [0.4, 0.5) is 0 Å². The van der Waals surface area contributed by atoms with Crippen LogP contribution >= 0.6 is 0 Å². The van der Waals surface area contributed by atoms with Gasteiger partial charge >= 0.3 is 0 Å². The van der Waals surface area contributed by atoms with Crippen LogP contribution in [0.15, 0.2) is 71.6 Å². The maximum atomic E-state index is 12.9. The summed E-state index contributed by atoms with van der Waals surface area (Å²) in [4.78, 5) is 25.0.